The second-order valence-corrected chi connectivity index (χ2v) is 10.4. The van der Waals surface area contributed by atoms with Gasteiger partial charge in [0.2, 0.25) is 11.6 Å². The molecule has 7 aromatic rings. The summed E-state index contributed by atoms with van der Waals surface area (Å²) < 4.78 is 14.2. The maximum atomic E-state index is 10.4. The molecule has 7 rings (SSSR count). The molecular formula is C31H24N4O3. The van der Waals surface area contributed by atoms with Crippen LogP contribution in [0.3, 0.4) is 0 Å². The Kier molecular flexibility index (Phi) is 4.72. The Morgan fingerprint density at radius 1 is 0.868 bits per heavy atom. The largest absolute Gasteiger partial charge is 0.507 e. The number of phenolic OH excluding ortho intramolecular Hbond substituents is 1. The summed E-state index contributed by atoms with van der Waals surface area (Å²) in [7, 11) is 0. The van der Waals surface area contributed by atoms with Crippen LogP contribution in [0.1, 0.15) is 26.3 Å². The van der Waals surface area contributed by atoms with Crippen molar-refractivity contribution < 1.29 is 14.3 Å². The minimum atomic E-state index is -0.156. The van der Waals surface area contributed by atoms with Gasteiger partial charge in [-0.3, -0.25) is 4.57 Å². The third-order valence-corrected chi connectivity index (χ3v) is 6.85. The lowest BCUT2D eigenvalue weighted by Gasteiger charge is -2.21. The summed E-state index contributed by atoms with van der Waals surface area (Å²) in [6.45, 7) is 6.48. The minimum absolute atomic E-state index is 0.134. The molecule has 1 N–H and O–H groups in total. The molecule has 0 fully saturated rings. The van der Waals surface area contributed by atoms with Crippen LogP contribution in [0.25, 0.3) is 49.8 Å². The summed E-state index contributed by atoms with van der Waals surface area (Å²) in [5.74, 6) is 1.78. The van der Waals surface area contributed by atoms with E-state index in [-0.39, 0.29) is 11.2 Å². The van der Waals surface area contributed by atoms with Crippen LogP contribution in [0.15, 0.2) is 89.6 Å². The summed E-state index contributed by atoms with van der Waals surface area (Å²) in [6.07, 6.45) is 3.41. The number of furan rings is 1. The van der Waals surface area contributed by atoms with Gasteiger partial charge in [-0.2, -0.15) is 4.98 Å². The fraction of sp³-hybridized carbons (Fsp3) is 0.129. The number of fused-ring (bicyclic) bond motifs is 6. The average molecular weight is 501 g/mol. The number of aromatic hydroxyl groups is 1. The Balaban J connectivity index is 1.41. The Bertz CT molecular complexity index is 1960. The third kappa shape index (κ3) is 3.47. The number of hydrogen-bond donors (Lipinski definition) is 1. The molecule has 2 aromatic carbocycles. The van der Waals surface area contributed by atoms with Gasteiger partial charge in [-0.25, -0.2) is 9.97 Å². The molecule has 186 valence electrons. The topological polar surface area (TPSA) is 86.2 Å². The van der Waals surface area contributed by atoms with Crippen molar-refractivity contribution in [3.63, 3.8) is 0 Å². The van der Waals surface area contributed by atoms with E-state index in [1.165, 1.54) is 0 Å². The van der Waals surface area contributed by atoms with Gasteiger partial charge in [0, 0.05) is 23.0 Å². The highest BCUT2D eigenvalue weighted by molar-refractivity contribution is 6.08. The summed E-state index contributed by atoms with van der Waals surface area (Å²) in [4.78, 5) is 14.1. The molecule has 38 heavy (non-hydrogen) atoms. The van der Waals surface area contributed by atoms with E-state index in [1.54, 1.807) is 30.6 Å². The number of nitrogens with zero attached hydrogens (tertiary/aromatic N) is 4. The van der Waals surface area contributed by atoms with Gasteiger partial charge >= 0.3 is 0 Å². The predicted octanol–water partition coefficient (Wildman–Crippen LogP) is 7.66. The third-order valence-electron chi connectivity index (χ3n) is 6.85. The van der Waals surface area contributed by atoms with Crippen LogP contribution < -0.4 is 4.74 Å². The zero-order chi connectivity index (χ0) is 26.0. The number of pyridine rings is 3. The molecule has 0 amide bonds. The quantitative estimate of drug-likeness (QED) is 0.268. The lowest BCUT2D eigenvalue weighted by atomic mass is 9.87. The molecule has 0 aliphatic heterocycles. The van der Waals surface area contributed by atoms with E-state index in [0.29, 0.717) is 33.7 Å². The molecule has 0 saturated heterocycles. The van der Waals surface area contributed by atoms with E-state index in [9.17, 15) is 5.11 Å². The predicted molar refractivity (Wildman–Crippen MR) is 148 cm³/mol. The first-order valence-electron chi connectivity index (χ1n) is 12.4. The van der Waals surface area contributed by atoms with Gasteiger partial charge in [0.15, 0.2) is 0 Å². The van der Waals surface area contributed by atoms with Gasteiger partial charge in [0.05, 0.1) is 22.5 Å². The van der Waals surface area contributed by atoms with Crippen LogP contribution in [0.5, 0.6) is 17.4 Å². The first-order chi connectivity index (χ1) is 18.4. The molecule has 0 saturated carbocycles. The molecule has 5 heterocycles. The summed E-state index contributed by atoms with van der Waals surface area (Å²) in [6, 6.07) is 23.3. The number of phenols is 1. The highest BCUT2D eigenvalue weighted by Gasteiger charge is 2.21. The van der Waals surface area contributed by atoms with Crippen molar-refractivity contribution in [1.82, 2.24) is 19.5 Å². The lowest BCUT2D eigenvalue weighted by molar-refractivity contribution is 0.456. The highest BCUT2D eigenvalue weighted by Crippen LogP contribution is 2.37. The van der Waals surface area contributed by atoms with Gasteiger partial charge in [-0.1, -0.05) is 45.0 Å². The van der Waals surface area contributed by atoms with Gasteiger partial charge in [-0.05, 0) is 53.4 Å². The molecule has 0 atom stereocenters. The molecule has 0 spiro atoms. The normalized spacial score (nSPS) is 12.2. The minimum Gasteiger partial charge on any atom is -0.507 e. The van der Waals surface area contributed by atoms with Crippen LogP contribution in [-0.2, 0) is 5.41 Å². The van der Waals surface area contributed by atoms with Crippen LogP contribution >= 0.6 is 0 Å². The summed E-state index contributed by atoms with van der Waals surface area (Å²) in [5.41, 5.74) is 3.77. The van der Waals surface area contributed by atoms with E-state index in [0.717, 1.165) is 33.3 Å². The average Bonchev–Trinajstić information content (AvgIpc) is 3.44. The molecule has 0 unspecified atom stereocenters. The van der Waals surface area contributed by atoms with Crippen LogP contribution in [0, 0.1) is 0 Å². The van der Waals surface area contributed by atoms with Crippen LogP contribution in [-0.4, -0.2) is 24.6 Å². The molecule has 5 aromatic heterocycles. The number of rotatable bonds is 3. The SMILES string of the molecule is CC(C)(C)c1cc(Oc2cnc3oc4cccc(O)c4c3c2)nc(-n2c3ccccc3c3cccnc32)c1. The molecule has 0 aliphatic carbocycles. The second kappa shape index (κ2) is 8.05. The van der Waals surface area contributed by atoms with Crippen molar-refractivity contribution in [3.8, 4) is 23.2 Å². The van der Waals surface area contributed by atoms with Gasteiger partial charge in [0.1, 0.15) is 28.5 Å². The van der Waals surface area contributed by atoms with Crippen molar-refractivity contribution >= 4 is 44.0 Å². The molecule has 7 nitrogen and oxygen atoms in total. The molecular weight excluding hydrogens is 476 g/mol. The number of aromatic nitrogens is 4. The number of hydrogen-bond acceptors (Lipinski definition) is 6. The van der Waals surface area contributed by atoms with Crippen molar-refractivity contribution in [1.29, 1.82) is 0 Å². The van der Waals surface area contributed by atoms with Gasteiger partial charge in [0.25, 0.3) is 0 Å². The Morgan fingerprint density at radius 3 is 2.58 bits per heavy atom. The summed E-state index contributed by atoms with van der Waals surface area (Å²) >= 11 is 0. The zero-order valence-corrected chi connectivity index (χ0v) is 21.1. The molecule has 7 heteroatoms. The maximum absolute atomic E-state index is 10.4. The van der Waals surface area contributed by atoms with E-state index in [2.05, 4.69) is 54.6 Å². The highest BCUT2D eigenvalue weighted by atomic mass is 16.5. The Morgan fingerprint density at radius 2 is 1.71 bits per heavy atom. The van der Waals surface area contributed by atoms with E-state index in [4.69, 9.17) is 19.1 Å². The first kappa shape index (κ1) is 22.3. The lowest BCUT2D eigenvalue weighted by Crippen LogP contribution is -2.13. The monoisotopic (exact) mass is 500 g/mol. The van der Waals surface area contributed by atoms with Crippen molar-refractivity contribution in [3.05, 3.63) is 90.8 Å². The van der Waals surface area contributed by atoms with Crippen molar-refractivity contribution in [2.75, 3.05) is 0 Å². The first-order valence-corrected chi connectivity index (χ1v) is 12.4. The molecule has 0 bridgehead atoms. The number of para-hydroxylation sites is 1. The van der Waals surface area contributed by atoms with E-state index >= 15 is 0 Å². The van der Waals surface area contributed by atoms with Crippen molar-refractivity contribution in [2.24, 2.45) is 0 Å². The van der Waals surface area contributed by atoms with Crippen molar-refractivity contribution in [2.45, 2.75) is 26.2 Å². The standard InChI is InChI=1S/C31H24N4O3/c1-31(2,3)18-14-26(35-23-10-5-4-8-20(23)21-9-7-13-32-29(21)35)34-27(15-18)37-19-16-22-28-24(36)11-6-12-25(28)38-30(22)33-17-19/h4-17,36H,1-3H3. The van der Waals surface area contributed by atoms with Gasteiger partial charge < -0.3 is 14.3 Å². The Hall–Kier alpha value is -4.91. The number of benzene rings is 2. The zero-order valence-electron chi connectivity index (χ0n) is 21.1. The molecule has 0 aliphatic rings. The fourth-order valence-electron chi connectivity index (χ4n) is 4.97. The van der Waals surface area contributed by atoms with E-state index < -0.39 is 0 Å². The van der Waals surface area contributed by atoms with E-state index in [1.807, 2.05) is 30.3 Å². The maximum Gasteiger partial charge on any atom is 0.227 e. The summed E-state index contributed by atoms with van der Waals surface area (Å²) in [5, 5.41) is 13.9. The molecule has 0 radical (unpaired) electrons. The van der Waals surface area contributed by atoms with Crippen LogP contribution in [0.4, 0.5) is 0 Å². The van der Waals surface area contributed by atoms with Gasteiger partial charge in [-0.15, -0.1) is 0 Å². The van der Waals surface area contributed by atoms with Crippen LogP contribution in [0.2, 0.25) is 0 Å². The fourth-order valence-corrected chi connectivity index (χ4v) is 4.97. The number of ether oxygens (including phenoxy) is 1. The second-order valence-electron chi connectivity index (χ2n) is 10.4. The smallest absolute Gasteiger partial charge is 0.227 e. The Labute approximate surface area is 218 Å².